The van der Waals surface area contributed by atoms with Crippen molar-refractivity contribution >= 4 is 21.5 Å². The molecular formula is C13H18N2O4S. The van der Waals surface area contributed by atoms with Gasteiger partial charge in [0.1, 0.15) is 5.56 Å². The highest BCUT2D eigenvalue weighted by Crippen LogP contribution is 2.28. The first-order valence-corrected chi connectivity index (χ1v) is 8.22. The zero-order valence-electron chi connectivity index (χ0n) is 11.8. The van der Waals surface area contributed by atoms with Crippen LogP contribution in [0.4, 0.5) is 5.69 Å². The molecular weight excluding hydrogens is 280 g/mol. The Morgan fingerprint density at radius 3 is 2.65 bits per heavy atom. The number of sulfone groups is 1. The van der Waals surface area contributed by atoms with Crippen LogP contribution < -0.4 is 4.90 Å². The fraction of sp³-hybridized carbons (Fsp3) is 0.538. The number of anilines is 1. The van der Waals surface area contributed by atoms with E-state index in [9.17, 15) is 18.3 Å². The van der Waals surface area contributed by atoms with Gasteiger partial charge in [-0.05, 0) is 26.8 Å². The summed E-state index contributed by atoms with van der Waals surface area (Å²) in [6, 6.07) is 1.47. The third-order valence-electron chi connectivity index (χ3n) is 3.50. The van der Waals surface area contributed by atoms with E-state index in [1.165, 1.54) is 0 Å². The van der Waals surface area contributed by atoms with Gasteiger partial charge in [0.25, 0.3) is 0 Å². The van der Waals surface area contributed by atoms with Crippen LogP contribution in [-0.4, -0.2) is 48.6 Å². The van der Waals surface area contributed by atoms with Gasteiger partial charge in [-0.15, -0.1) is 0 Å². The number of aromatic nitrogens is 1. The van der Waals surface area contributed by atoms with Gasteiger partial charge in [0.15, 0.2) is 9.84 Å². The summed E-state index contributed by atoms with van der Waals surface area (Å²) in [5.41, 5.74) is 1.89. The normalized spacial score (nSPS) is 21.8. The van der Waals surface area contributed by atoms with Crippen LogP contribution >= 0.6 is 0 Å². The van der Waals surface area contributed by atoms with E-state index in [0.29, 0.717) is 17.9 Å². The van der Waals surface area contributed by atoms with E-state index in [1.807, 2.05) is 4.90 Å². The molecule has 1 atom stereocenters. The van der Waals surface area contributed by atoms with Crippen LogP contribution in [0.3, 0.4) is 0 Å². The first-order valence-electron chi connectivity index (χ1n) is 6.40. The molecule has 6 nitrogen and oxygen atoms in total. The van der Waals surface area contributed by atoms with Crippen LogP contribution in [-0.2, 0) is 9.84 Å². The third-order valence-corrected chi connectivity index (χ3v) is 5.30. The van der Waals surface area contributed by atoms with E-state index in [-0.39, 0.29) is 23.1 Å². The Morgan fingerprint density at radius 1 is 1.45 bits per heavy atom. The summed E-state index contributed by atoms with van der Waals surface area (Å²) < 4.78 is 23.3. The Balaban J connectivity index is 2.50. The largest absolute Gasteiger partial charge is 0.478 e. The minimum Gasteiger partial charge on any atom is -0.478 e. The van der Waals surface area contributed by atoms with Crippen molar-refractivity contribution in [1.29, 1.82) is 0 Å². The molecule has 1 aromatic rings. The number of carbonyl (C=O) groups is 1. The van der Waals surface area contributed by atoms with Crippen LogP contribution in [0.1, 0.15) is 28.7 Å². The van der Waals surface area contributed by atoms with E-state index in [0.717, 1.165) is 5.69 Å². The highest BCUT2D eigenvalue weighted by atomic mass is 32.2. The molecule has 20 heavy (non-hydrogen) atoms. The van der Waals surface area contributed by atoms with Crippen molar-refractivity contribution in [3.63, 3.8) is 0 Å². The van der Waals surface area contributed by atoms with Gasteiger partial charge in [0.2, 0.25) is 0 Å². The molecule has 7 heteroatoms. The second-order valence-electron chi connectivity index (χ2n) is 5.21. The Bertz CT molecular complexity index is 655. The van der Waals surface area contributed by atoms with Gasteiger partial charge in [-0.25, -0.2) is 13.2 Å². The van der Waals surface area contributed by atoms with Gasteiger partial charge >= 0.3 is 5.97 Å². The van der Waals surface area contributed by atoms with Gasteiger partial charge in [-0.3, -0.25) is 4.98 Å². The van der Waals surface area contributed by atoms with Crippen molar-refractivity contribution in [3.05, 3.63) is 23.0 Å². The maximum atomic E-state index is 11.6. The number of pyridine rings is 1. The second-order valence-corrected chi connectivity index (χ2v) is 7.43. The first-order chi connectivity index (χ1) is 9.21. The quantitative estimate of drug-likeness (QED) is 0.877. The molecule has 1 aromatic heterocycles. The van der Waals surface area contributed by atoms with Crippen molar-refractivity contribution in [2.24, 2.45) is 0 Å². The van der Waals surface area contributed by atoms with Crippen LogP contribution in [0.5, 0.6) is 0 Å². The minimum atomic E-state index is -3.03. The van der Waals surface area contributed by atoms with Crippen LogP contribution in [0, 0.1) is 13.8 Å². The number of hydrogen-bond donors (Lipinski definition) is 1. The number of aryl methyl sites for hydroxylation is 2. The van der Waals surface area contributed by atoms with Crippen LogP contribution in [0.15, 0.2) is 6.07 Å². The van der Waals surface area contributed by atoms with Crippen LogP contribution in [0.25, 0.3) is 0 Å². The average Bonchev–Trinajstić information content (AvgIpc) is 2.25. The van der Waals surface area contributed by atoms with Gasteiger partial charge in [-0.2, -0.15) is 0 Å². The summed E-state index contributed by atoms with van der Waals surface area (Å²) in [7, 11) is -3.03. The number of carboxylic acids is 1. The average molecular weight is 298 g/mol. The first kappa shape index (κ1) is 14.8. The summed E-state index contributed by atoms with van der Waals surface area (Å²) >= 11 is 0. The predicted octanol–water partition coefficient (Wildman–Crippen LogP) is 1.02. The number of carboxylic acid groups (broad SMARTS) is 1. The lowest BCUT2D eigenvalue weighted by Gasteiger charge is -2.36. The Hall–Kier alpha value is -1.63. The van der Waals surface area contributed by atoms with Gasteiger partial charge in [0, 0.05) is 18.3 Å². The Kier molecular flexibility index (Phi) is 3.73. The molecule has 0 amide bonds. The number of aromatic carboxylic acids is 1. The summed E-state index contributed by atoms with van der Waals surface area (Å²) in [5, 5.41) is 9.37. The van der Waals surface area contributed by atoms with E-state index in [2.05, 4.69) is 4.98 Å². The monoisotopic (exact) mass is 298 g/mol. The molecule has 1 aliphatic rings. The standard InChI is InChI=1S/C13H18N2O4S/c1-8-6-11(12(13(16)17)10(3)14-8)15-4-5-20(18,19)7-9(15)2/h6,9H,4-5,7H2,1-3H3,(H,16,17). The molecule has 1 fully saturated rings. The van der Waals surface area contributed by atoms with Crippen molar-refractivity contribution in [1.82, 2.24) is 4.98 Å². The molecule has 110 valence electrons. The molecule has 1 aliphatic heterocycles. The maximum Gasteiger partial charge on any atom is 0.339 e. The van der Waals surface area contributed by atoms with Crippen molar-refractivity contribution in [2.75, 3.05) is 23.0 Å². The molecule has 1 unspecified atom stereocenters. The molecule has 1 saturated heterocycles. The number of hydrogen-bond acceptors (Lipinski definition) is 5. The fourth-order valence-electron chi connectivity index (χ4n) is 2.66. The summed E-state index contributed by atoms with van der Waals surface area (Å²) in [5.74, 6) is -0.936. The van der Waals surface area contributed by atoms with Gasteiger partial charge < -0.3 is 10.0 Å². The molecule has 0 aliphatic carbocycles. The van der Waals surface area contributed by atoms with Crippen molar-refractivity contribution < 1.29 is 18.3 Å². The third kappa shape index (κ3) is 2.77. The molecule has 2 heterocycles. The smallest absolute Gasteiger partial charge is 0.339 e. The SMILES string of the molecule is Cc1cc(N2CCS(=O)(=O)CC2C)c(C(=O)O)c(C)n1. The Morgan fingerprint density at radius 2 is 2.10 bits per heavy atom. The number of rotatable bonds is 2. The number of nitrogens with zero attached hydrogens (tertiary/aromatic N) is 2. The maximum absolute atomic E-state index is 11.6. The fourth-order valence-corrected chi connectivity index (χ4v) is 4.21. The minimum absolute atomic E-state index is 0.0481. The second kappa shape index (κ2) is 5.05. The predicted molar refractivity (Wildman–Crippen MR) is 76.1 cm³/mol. The Labute approximate surface area is 118 Å². The van der Waals surface area contributed by atoms with Crippen molar-refractivity contribution in [2.45, 2.75) is 26.8 Å². The topological polar surface area (TPSA) is 87.6 Å². The van der Waals surface area contributed by atoms with Gasteiger partial charge in [0.05, 0.1) is 22.9 Å². The lowest BCUT2D eigenvalue weighted by atomic mass is 10.1. The summed E-state index contributed by atoms with van der Waals surface area (Å²) in [6.07, 6.45) is 0. The lowest BCUT2D eigenvalue weighted by molar-refractivity contribution is 0.0696. The summed E-state index contributed by atoms with van der Waals surface area (Å²) in [6.45, 7) is 5.57. The molecule has 0 radical (unpaired) electrons. The molecule has 2 rings (SSSR count). The molecule has 0 bridgehead atoms. The van der Waals surface area contributed by atoms with E-state index in [1.54, 1.807) is 26.8 Å². The molecule has 1 N–H and O–H groups in total. The van der Waals surface area contributed by atoms with Crippen molar-refractivity contribution in [3.8, 4) is 0 Å². The van der Waals surface area contributed by atoms with E-state index in [4.69, 9.17) is 0 Å². The summed E-state index contributed by atoms with van der Waals surface area (Å²) in [4.78, 5) is 17.5. The van der Waals surface area contributed by atoms with Crippen LogP contribution in [0.2, 0.25) is 0 Å². The van der Waals surface area contributed by atoms with E-state index < -0.39 is 15.8 Å². The zero-order valence-corrected chi connectivity index (χ0v) is 12.6. The van der Waals surface area contributed by atoms with Gasteiger partial charge in [-0.1, -0.05) is 0 Å². The molecule has 0 spiro atoms. The highest BCUT2D eigenvalue weighted by molar-refractivity contribution is 7.91. The van der Waals surface area contributed by atoms with E-state index >= 15 is 0 Å². The molecule has 0 saturated carbocycles. The molecule has 0 aromatic carbocycles. The lowest BCUT2D eigenvalue weighted by Crippen LogP contribution is -2.47. The zero-order chi connectivity index (χ0) is 15.1. The highest BCUT2D eigenvalue weighted by Gasteiger charge is 2.31.